The van der Waals surface area contributed by atoms with Gasteiger partial charge in [0.1, 0.15) is 23.9 Å². The van der Waals surface area contributed by atoms with Gasteiger partial charge in [0.2, 0.25) is 0 Å². The average molecular weight is 554 g/mol. The minimum Gasteiger partial charge on any atom is -0.488 e. The molecular formula is C34H41N5O2. The smallest absolute Gasteiger partial charge is 0.277 e. The van der Waals surface area contributed by atoms with Gasteiger partial charge in [0, 0.05) is 29.8 Å². The van der Waals surface area contributed by atoms with Crippen LogP contribution in [0, 0.1) is 5.41 Å². The summed E-state index contributed by atoms with van der Waals surface area (Å²) in [5, 5.41) is 7.99. The van der Waals surface area contributed by atoms with Gasteiger partial charge in [-0.25, -0.2) is 4.98 Å². The van der Waals surface area contributed by atoms with Gasteiger partial charge in [-0.2, -0.15) is 0 Å². The Morgan fingerprint density at radius 3 is 2.41 bits per heavy atom. The zero-order valence-electron chi connectivity index (χ0n) is 24.2. The van der Waals surface area contributed by atoms with E-state index in [2.05, 4.69) is 18.7 Å². The Morgan fingerprint density at radius 2 is 1.66 bits per heavy atom. The molecule has 4 aromatic rings. The van der Waals surface area contributed by atoms with Crippen LogP contribution >= 0.6 is 0 Å². The lowest BCUT2D eigenvalue weighted by Crippen LogP contribution is -2.44. The number of ether oxygens (including phenoxy) is 1. The highest BCUT2D eigenvalue weighted by Crippen LogP contribution is 2.30. The summed E-state index contributed by atoms with van der Waals surface area (Å²) in [7, 11) is 0. The number of nitrogens with two attached hydrogens (primary N) is 1. The summed E-state index contributed by atoms with van der Waals surface area (Å²) in [5.41, 5.74) is 9.65. The van der Waals surface area contributed by atoms with Gasteiger partial charge in [-0.3, -0.25) is 15.1 Å². The quantitative estimate of drug-likeness (QED) is 0.128. The largest absolute Gasteiger partial charge is 0.488 e. The fourth-order valence-electron chi connectivity index (χ4n) is 5.99. The van der Waals surface area contributed by atoms with Crippen molar-refractivity contribution in [1.29, 1.82) is 5.41 Å². The van der Waals surface area contributed by atoms with E-state index in [-0.39, 0.29) is 11.4 Å². The van der Waals surface area contributed by atoms with Crippen molar-refractivity contribution in [2.75, 3.05) is 6.54 Å². The summed E-state index contributed by atoms with van der Waals surface area (Å²) in [6, 6.07) is 24.2. The van der Waals surface area contributed by atoms with Gasteiger partial charge in [0.05, 0.1) is 11.0 Å². The Hall–Kier alpha value is -3.97. The number of hydrogen-bond acceptors (Lipinski definition) is 5. The Labute approximate surface area is 242 Å². The zero-order chi connectivity index (χ0) is 28.8. The van der Waals surface area contributed by atoms with Crippen LogP contribution in [-0.2, 0) is 13.2 Å². The number of hydrogen-bond donors (Lipinski definition) is 2. The van der Waals surface area contributed by atoms with Crippen molar-refractivity contribution >= 4 is 16.9 Å². The molecule has 1 aromatic heterocycles. The van der Waals surface area contributed by atoms with Gasteiger partial charge >= 0.3 is 0 Å². The number of nitrogens with one attached hydrogen (secondary N) is 1. The Bertz CT molecular complexity index is 1540. The van der Waals surface area contributed by atoms with Crippen LogP contribution in [0.5, 0.6) is 5.75 Å². The first-order chi connectivity index (χ1) is 19.9. The van der Waals surface area contributed by atoms with Crippen LogP contribution in [0.2, 0.25) is 0 Å². The molecule has 2 atom stereocenters. The van der Waals surface area contributed by atoms with E-state index >= 15 is 0 Å². The Morgan fingerprint density at radius 1 is 0.951 bits per heavy atom. The lowest BCUT2D eigenvalue weighted by atomic mass is 9.97. The number of para-hydroxylation sites is 2. The molecule has 0 unspecified atom stereocenters. The fourth-order valence-corrected chi connectivity index (χ4v) is 5.99. The molecule has 1 aliphatic rings. The standard InChI is InChI=1S/C34H41N5O2/c1-24-12-11-13-25(2)38(24)20-9-4-10-21-39-30-17-8-7-16-29(30)37-32(34(39)40)28-22-27(33(35)36)18-19-31(28)41-23-26-14-5-3-6-15-26/h3,5-8,14-19,22,24-25H,4,9-13,20-21,23H2,1-2H3,(H3,35,36)/t24-,25+/i33+2. The van der Waals surface area contributed by atoms with Gasteiger partial charge in [-0.1, -0.05) is 55.3 Å². The van der Waals surface area contributed by atoms with E-state index in [1.165, 1.54) is 19.3 Å². The summed E-state index contributed by atoms with van der Waals surface area (Å²) in [5.74, 6) is 0.467. The highest BCUT2D eigenvalue weighted by atomic mass is 16.5. The predicted molar refractivity (Wildman–Crippen MR) is 167 cm³/mol. The molecule has 0 bridgehead atoms. The molecule has 2 heterocycles. The second-order valence-corrected chi connectivity index (χ2v) is 11.2. The van der Waals surface area contributed by atoms with Crippen molar-refractivity contribution < 1.29 is 4.74 Å². The number of rotatable bonds is 11. The van der Waals surface area contributed by atoms with Crippen LogP contribution in [0.15, 0.2) is 77.6 Å². The average Bonchev–Trinajstić information content (AvgIpc) is 2.98. The maximum Gasteiger partial charge on any atom is 0.277 e. The molecule has 0 amide bonds. The number of benzene rings is 3. The summed E-state index contributed by atoms with van der Waals surface area (Å²) in [6.07, 6.45) is 6.99. The van der Waals surface area contributed by atoms with Crippen LogP contribution in [0.3, 0.4) is 0 Å². The Balaban J connectivity index is 1.41. The van der Waals surface area contributed by atoms with E-state index in [0.29, 0.717) is 47.8 Å². The predicted octanol–water partition coefficient (Wildman–Crippen LogP) is 6.36. The van der Waals surface area contributed by atoms with E-state index in [4.69, 9.17) is 20.9 Å². The highest BCUT2D eigenvalue weighted by Gasteiger charge is 2.24. The molecule has 1 saturated heterocycles. The SMILES string of the molecule is C[C@@H]1CCC[C@H](C)N1CCCCCn1c(=O)c(-c2cc([14C](=N)N)ccc2OCc2ccccc2)nc2ccccc21. The van der Waals surface area contributed by atoms with Gasteiger partial charge in [0.15, 0.2) is 0 Å². The second kappa shape index (κ2) is 13.1. The molecule has 7 heteroatoms. The summed E-state index contributed by atoms with van der Waals surface area (Å²) < 4.78 is 8.06. The van der Waals surface area contributed by atoms with Gasteiger partial charge in [-0.15, -0.1) is 0 Å². The van der Waals surface area contributed by atoms with Crippen LogP contribution in [0.4, 0.5) is 0 Å². The van der Waals surface area contributed by atoms with Gasteiger partial charge in [0.25, 0.3) is 5.56 Å². The first kappa shape index (κ1) is 28.6. The van der Waals surface area contributed by atoms with E-state index in [1.54, 1.807) is 18.2 Å². The highest BCUT2D eigenvalue weighted by molar-refractivity contribution is 5.96. The second-order valence-electron chi connectivity index (χ2n) is 11.2. The molecule has 0 radical (unpaired) electrons. The zero-order valence-corrected chi connectivity index (χ0v) is 24.2. The molecule has 41 heavy (non-hydrogen) atoms. The number of likely N-dealkylation sites (tertiary alicyclic amines) is 1. The third kappa shape index (κ3) is 6.68. The number of fused-ring (bicyclic) bond motifs is 1. The number of nitrogens with zero attached hydrogens (tertiary/aromatic N) is 3. The molecule has 1 aliphatic heterocycles. The van der Waals surface area contributed by atoms with Crippen LogP contribution in [0.25, 0.3) is 22.3 Å². The maximum absolute atomic E-state index is 14.0. The number of piperidine rings is 1. The third-order valence-corrected chi connectivity index (χ3v) is 8.31. The first-order valence-electron chi connectivity index (χ1n) is 14.8. The first-order valence-corrected chi connectivity index (χ1v) is 14.8. The Kier molecular flexibility index (Phi) is 9.14. The molecule has 0 spiro atoms. The van der Waals surface area contributed by atoms with Crippen LogP contribution in [0.1, 0.15) is 63.5 Å². The number of aryl methyl sites for hydroxylation is 1. The minimum atomic E-state index is -0.160. The molecule has 1 fully saturated rings. The van der Waals surface area contributed by atoms with Gasteiger partial charge < -0.3 is 15.0 Å². The van der Waals surface area contributed by atoms with E-state index in [9.17, 15) is 4.79 Å². The fraction of sp³-hybridized carbons (Fsp3) is 0.382. The summed E-state index contributed by atoms with van der Waals surface area (Å²) in [6.45, 7) is 6.77. The normalized spacial score (nSPS) is 17.5. The van der Waals surface area contributed by atoms with Crippen molar-refractivity contribution in [2.24, 2.45) is 5.73 Å². The number of amidine groups is 1. The topological polar surface area (TPSA) is 97.2 Å². The lowest BCUT2D eigenvalue weighted by Gasteiger charge is -2.39. The number of unbranched alkanes of at least 4 members (excludes halogenated alkanes) is 2. The van der Waals surface area contributed by atoms with E-state index < -0.39 is 0 Å². The number of nitrogen functional groups attached to an aromatic ring is 1. The minimum absolute atomic E-state index is 0.0701. The number of aromatic nitrogens is 2. The van der Waals surface area contributed by atoms with Gasteiger partial charge in [-0.05, 0) is 82.0 Å². The monoisotopic (exact) mass is 553 g/mol. The summed E-state index contributed by atoms with van der Waals surface area (Å²) >= 11 is 0. The summed E-state index contributed by atoms with van der Waals surface area (Å²) in [4.78, 5) is 21.5. The lowest BCUT2D eigenvalue weighted by molar-refractivity contribution is 0.101. The molecule has 0 aliphatic carbocycles. The van der Waals surface area contributed by atoms with E-state index in [0.717, 1.165) is 42.4 Å². The van der Waals surface area contributed by atoms with Crippen molar-refractivity contribution in [2.45, 2.75) is 77.6 Å². The molecular weight excluding hydrogens is 512 g/mol. The molecule has 3 aromatic carbocycles. The maximum atomic E-state index is 14.0. The van der Waals surface area contributed by atoms with Crippen molar-refractivity contribution in [3.63, 3.8) is 0 Å². The molecule has 5 rings (SSSR count). The van der Waals surface area contributed by atoms with Crippen molar-refractivity contribution in [3.05, 3.63) is 94.3 Å². The molecule has 7 nitrogen and oxygen atoms in total. The molecule has 3 N–H and O–H groups in total. The molecule has 0 saturated carbocycles. The van der Waals surface area contributed by atoms with Crippen molar-refractivity contribution in [1.82, 2.24) is 14.5 Å². The van der Waals surface area contributed by atoms with Crippen LogP contribution in [-0.4, -0.2) is 38.9 Å². The van der Waals surface area contributed by atoms with Crippen molar-refractivity contribution in [3.8, 4) is 17.0 Å². The van der Waals surface area contributed by atoms with E-state index in [1.807, 2.05) is 59.2 Å². The molecule has 214 valence electrons. The van der Waals surface area contributed by atoms with Crippen LogP contribution < -0.4 is 16.0 Å². The third-order valence-electron chi connectivity index (χ3n) is 8.31.